The van der Waals surface area contributed by atoms with E-state index in [1.165, 1.54) is 58.8 Å². The van der Waals surface area contributed by atoms with E-state index in [1.807, 2.05) is 94.4 Å². The van der Waals surface area contributed by atoms with E-state index >= 15 is 0 Å². The molecule has 0 radical (unpaired) electrons. The van der Waals surface area contributed by atoms with Crippen LogP contribution >= 0.6 is 0 Å². The van der Waals surface area contributed by atoms with Crippen molar-refractivity contribution in [3.63, 3.8) is 0 Å². The summed E-state index contributed by atoms with van der Waals surface area (Å²) >= 11 is 0. The second-order valence-corrected chi connectivity index (χ2v) is 17.2. The van der Waals surface area contributed by atoms with Gasteiger partial charge >= 0.3 is 59.1 Å². The molecule has 0 unspecified atom stereocenters. The third-order valence-electron chi connectivity index (χ3n) is 8.48. The number of rotatable bonds is 6. The largest absolute Gasteiger partial charge is 1.00 e. The quantitative estimate of drug-likeness (QED) is 0.0724. The Morgan fingerprint density at radius 3 is 1.59 bits per heavy atom. The SMILES string of the molecule is CC.CC.CC.CC.CC.CO.Cc1c(CO[O-])[nH]n(-c2ccc(S(=O)(=O)[O-])cc2)c1=O.Cc1cc(C)c2ccccc2c1.Cc1ccc(S(N)(=O)(O)c2ccccn2)cc1.Cc1ccccc1.[Na+].[Na+]. The number of hydrogen-bond donors (Lipinski definition) is 4. The standard InChI is InChI=1S/C12H14N2O2S.C12H12.C11H12N2O6S.C7H8.5C2H6.CH4O.2Na/c1-10-5-7-11(8-6-10)17(13,15,16)12-4-2-3-9-14-12;1-9-7-10(2)12-6-4-3-5-11(12)8-9;1-7-10(6-19-15)12-13(11(7)14)8-2-4-9(5-3-8)20(16,17)18;1-7-5-3-2-4-6-7;6*1-2;;/h2-9H,1H3,(H3,13,15,16);3-8H,1-2H3;2-5,12,15H,6H2,1H3,(H,16,17,18);2-6H,1H3;5*1-2H3;2H,1H3;;/q;;;;;;;;;;2*+1/p-2. The molecule has 2 aromatic heterocycles. The van der Waals surface area contributed by atoms with Gasteiger partial charge in [-0.25, -0.2) is 23.2 Å². The molecule has 5 N–H and O–H groups in total. The molecule has 0 spiro atoms. The Balaban J connectivity index is -0.000000256. The maximum atomic E-state index is 12.6. The zero-order valence-electron chi connectivity index (χ0n) is 45.0. The molecule has 7 rings (SSSR count). The van der Waals surface area contributed by atoms with Gasteiger partial charge in [-0.05, 0) is 99.5 Å². The number of benzene rings is 5. The summed E-state index contributed by atoms with van der Waals surface area (Å²) in [5, 5.41) is 28.2. The Labute approximate surface area is 464 Å². The van der Waals surface area contributed by atoms with Crippen molar-refractivity contribution < 1.29 is 96.1 Å². The minimum Gasteiger partial charge on any atom is -0.744 e. The van der Waals surface area contributed by atoms with E-state index in [1.54, 1.807) is 36.4 Å². The summed E-state index contributed by atoms with van der Waals surface area (Å²) in [7, 11) is -8.08. The Hall–Kier alpha value is -3.62. The van der Waals surface area contributed by atoms with Gasteiger partial charge in [-0.3, -0.25) is 14.4 Å². The Morgan fingerprint density at radius 2 is 1.14 bits per heavy atom. The van der Waals surface area contributed by atoms with Gasteiger partial charge in [0.25, 0.3) is 5.56 Å². The first-order valence-corrected chi connectivity index (χ1v) is 26.0. The number of nitrogens with two attached hydrogens (primary N) is 1. The van der Waals surface area contributed by atoms with Crippen LogP contribution in [0.1, 0.15) is 103 Å². The van der Waals surface area contributed by atoms with Crippen molar-refractivity contribution in [3.8, 4) is 5.69 Å². The van der Waals surface area contributed by atoms with Crippen LogP contribution in [0.4, 0.5) is 0 Å². The van der Waals surface area contributed by atoms with Gasteiger partial charge in [-0.1, -0.05) is 180 Å². The van der Waals surface area contributed by atoms with Crippen LogP contribution in [-0.2, 0) is 31.1 Å². The van der Waals surface area contributed by atoms with Gasteiger partial charge < -0.3 is 19.8 Å². The maximum Gasteiger partial charge on any atom is 1.00 e. The molecular weight excluding hydrogens is 947 g/mol. The van der Waals surface area contributed by atoms with Crippen LogP contribution in [0.15, 0.2) is 159 Å². The molecule has 2 heterocycles. The average molecular weight is 1030 g/mol. The first-order valence-electron chi connectivity index (χ1n) is 22.6. The first-order chi connectivity index (χ1) is 32.4. The Bertz CT molecular complexity index is 2620. The Morgan fingerprint density at radius 1 is 0.671 bits per heavy atom. The van der Waals surface area contributed by atoms with Gasteiger partial charge in [0.1, 0.15) is 10.1 Å². The van der Waals surface area contributed by atoms with Crippen LogP contribution in [0.3, 0.4) is 0 Å². The van der Waals surface area contributed by atoms with Crippen molar-refractivity contribution in [3.05, 3.63) is 184 Å². The monoisotopic (exact) mass is 1020 g/mol. The minimum atomic E-state index is -4.55. The molecule has 0 amide bonds. The van der Waals surface area contributed by atoms with E-state index in [-0.39, 0.29) is 80.5 Å². The number of aromatic amines is 1. The second-order valence-electron chi connectivity index (χ2n) is 13.0. The van der Waals surface area contributed by atoms with E-state index < -0.39 is 25.2 Å². The zero-order valence-corrected chi connectivity index (χ0v) is 50.7. The smallest absolute Gasteiger partial charge is 0.744 e. The molecular formula is C53H78N4Na2O9S2. The van der Waals surface area contributed by atoms with Crippen molar-refractivity contribution in [2.24, 2.45) is 5.14 Å². The van der Waals surface area contributed by atoms with E-state index in [2.05, 4.69) is 84.3 Å². The fraction of sp³-hybridized carbons (Fsp3) is 0.321. The van der Waals surface area contributed by atoms with E-state index in [0.717, 1.165) is 29.5 Å². The summed E-state index contributed by atoms with van der Waals surface area (Å²) in [4.78, 5) is 19.3. The maximum absolute atomic E-state index is 12.6. The number of H-pyrrole nitrogens is 1. The van der Waals surface area contributed by atoms with Gasteiger partial charge in [0, 0.05) is 18.9 Å². The number of fused-ring (bicyclic) bond motifs is 1. The van der Waals surface area contributed by atoms with Gasteiger partial charge in [0.05, 0.1) is 27.8 Å². The topological polar surface area (TPSA) is 224 Å². The summed E-state index contributed by atoms with van der Waals surface area (Å²) in [6.07, 6.45) is 1.44. The molecule has 17 heteroatoms. The number of pyridine rings is 1. The molecule has 0 aliphatic rings. The molecule has 0 aliphatic carbocycles. The Kier molecular flexibility index (Phi) is 44.0. The molecule has 0 aliphatic heterocycles. The van der Waals surface area contributed by atoms with Gasteiger partial charge in [0.15, 0.2) is 5.03 Å². The van der Waals surface area contributed by atoms with Crippen molar-refractivity contribution in [2.75, 3.05) is 7.11 Å². The van der Waals surface area contributed by atoms with Crippen molar-refractivity contribution in [1.82, 2.24) is 14.8 Å². The average Bonchev–Trinajstić information content (AvgIpc) is 3.65. The van der Waals surface area contributed by atoms with Crippen LogP contribution < -0.4 is 75.1 Å². The molecule has 0 saturated heterocycles. The normalized spacial score (nSPS) is 9.93. The number of nitrogens with one attached hydrogen (secondary N) is 1. The summed E-state index contributed by atoms with van der Waals surface area (Å²) < 4.78 is 56.4. The molecule has 0 atom stereocenters. The molecule has 378 valence electrons. The fourth-order valence-corrected chi connectivity index (χ4v) is 7.41. The number of aromatic nitrogens is 3. The predicted octanol–water partition coefficient (Wildman–Crippen LogP) is 5.34. The molecule has 13 nitrogen and oxygen atoms in total. The van der Waals surface area contributed by atoms with Crippen molar-refractivity contribution in [1.29, 1.82) is 0 Å². The van der Waals surface area contributed by atoms with Gasteiger partial charge in [-0.15, -0.1) is 0 Å². The van der Waals surface area contributed by atoms with Crippen LogP contribution in [0.5, 0.6) is 0 Å². The van der Waals surface area contributed by atoms with Crippen LogP contribution in [0.2, 0.25) is 0 Å². The number of nitrogens with zero attached hydrogens (tertiary/aromatic N) is 2. The van der Waals surface area contributed by atoms with Gasteiger partial charge in [0.2, 0.25) is 0 Å². The molecule has 7 aromatic rings. The molecule has 70 heavy (non-hydrogen) atoms. The minimum absolute atomic E-state index is 0. The molecule has 0 bridgehead atoms. The number of aliphatic hydroxyl groups excluding tert-OH is 1. The first kappa shape index (κ1) is 75.3. The number of hydrogen-bond acceptors (Lipinski definition) is 9. The van der Waals surface area contributed by atoms with E-state index in [4.69, 9.17) is 10.2 Å². The van der Waals surface area contributed by atoms with E-state index in [0.29, 0.717) is 16.9 Å². The van der Waals surface area contributed by atoms with Crippen molar-refractivity contribution >= 4 is 30.4 Å². The molecule has 0 fully saturated rings. The van der Waals surface area contributed by atoms with Crippen molar-refractivity contribution in [2.45, 2.75) is 125 Å². The number of aryl methyl sites for hydroxylation is 4. The molecule has 5 aromatic carbocycles. The predicted molar refractivity (Wildman–Crippen MR) is 280 cm³/mol. The molecule has 0 saturated carbocycles. The number of aliphatic hydroxyl groups is 1. The van der Waals surface area contributed by atoms with E-state index in [9.17, 15) is 31.8 Å². The van der Waals surface area contributed by atoms with Crippen LogP contribution in [0, 0.1) is 34.6 Å². The second kappa shape index (κ2) is 40.9. The summed E-state index contributed by atoms with van der Waals surface area (Å²) in [5.41, 5.74) is 5.61. The third kappa shape index (κ3) is 25.7. The summed E-state index contributed by atoms with van der Waals surface area (Å²) in [6.45, 7) is 29.5. The summed E-state index contributed by atoms with van der Waals surface area (Å²) in [5.74, 6) is 0. The fourth-order valence-electron chi connectivity index (χ4n) is 5.43. The summed E-state index contributed by atoms with van der Waals surface area (Å²) in [6, 6.07) is 39.4. The van der Waals surface area contributed by atoms with Crippen LogP contribution in [-0.4, -0.2) is 48.7 Å². The van der Waals surface area contributed by atoms with Gasteiger partial charge in [-0.2, -0.15) is 4.21 Å². The third-order valence-corrected chi connectivity index (χ3v) is 11.6. The zero-order chi connectivity index (χ0) is 53.1. The van der Waals surface area contributed by atoms with Crippen LogP contribution in [0.25, 0.3) is 16.5 Å².